The molecule has 0 aromatic heterocycles. The minimum Gasteiger partial charge on any atom is -0.303 e. The summed E-state index contributed by atoms with van der Waals surface area (Å²) >= 11 is 0. The van der Waals surface area contributed by atoms with E-state index >= 15 is 0 Å². The van der Waals surface area contributed by atoms with Crippen LogP contribution in [0.3, 0.4) is 0 Å². The smallest absolute Gasteiger partial charge is 0.00106 e. The fourth-order valence-electron chi connectivity index (χ4n) is 3.20. The summed E-state index contributed by atoms with van der Waals surface area (Å²) in [6, 6.07) is 0. The molecule has 1 rings (SSSR count). The third-order valence-electron chi connectivity index (χ3n) is 4.71. The van der Waals surface area contributed by atoms with Crippen LogP contribution in [0.5, 0.6) is 0 Å². The molecular weight excluding hydrogens is 244 g/mol. The summed E-state index contributed by atoms with van der Waals surface area (Å²) in [6.07, 6.45) is 11.0. The van der Waals surface area contributed by atoms with Gasteiger partial charge in [-0.05, 0) is 70.7 Å². The van der Waals surface area contributed by atoms with Crippen LogP contribution >= 0.6 is 0 Å². The zero-order valence-corrected chi connectivity index (χ0v) is 14.4. The van der Waals surface area contributed by atoms with Crippen molar-refractivity contribution in [3.63, 3.8) is 0 Å². The predicted octanol–water partition coefficient (Wildman–Crippen LogP) is 4.40. The van der Waals surface area contributed by atoms with Crippen LogP contribution < -0.4 is 0 Å². The van der Waals surface area contributed by atoms with Crippen LogP contribution in [0.15, 0.2) is 0 Å². The van der Waals surface area contributed by atoms with Gasteiger partial charge < -0.3 is 9.80 Å². The first-order valence-corrected chi connectivity index (χ1v) is 9.24. The van der Waals surface area contributed by atoms with E-state index in [1.807, 2.05) is 0 Å². The summed E-state index contributed by atoms with van der Waals surface area (Å²) in [7, 11) is 0. The number of hydrogen-bond donors (Lipinski definition) is 0. The van der Waals surface area contributed by atoms with Gasteiger partial charge in [-0.1, -0.05) is 40.0 Å². The Morgan fingerprint density at radius 2 is 1.40 bits per heavy atom. The van der Waals surface area contributed by atoms with E-state index in [0.717, 1.165) is 5.92 Å². The molecule has 0 aromatic carbocycles. The average molecular weight is 283 g/mol. The lowest BCUT2D eigenvalue weighted by Gasteiger charge is -2.35. The molecule has 0 unspecified atom stereocenters. The second kappa shape index (κ2) is 11.6. The molecule has 1 aliphatic heterocycles. The Bertz CT molecular complexity index is 201. The van der Waals surface area contributed by atoms with E-state index in [9.17, 15) is 0 Å². The average Bonchev–Trinajstić information content (AvgIpc) is 2.49. The largest absolute Gasteiger partial charge is 0.303 e. The van der Waals surface area contributed by atoms with E-state index in [4.69, 9.17) is 0 Å². The molecule has 0 N–H and O–H groups in total. The van der Waals surface area contributed by atoms with Crippen molar-refractivity contribution < 1.29 is 0 Å². The van der Waals surface area contributed by atoms with Gasteiger partial charge in [0.15, 0.2) is 0 Å². The highest BCUT2D eigenvalue weighted by atomic mass is 15.1. The van der Waals surface area contributed by atoms with Crippen LogP contribution in [0, 0.1) is 5.92 Å². The van der Waals surface area contributed by atoms with Crippen molar-refractivity contribution in [3.05, 3.63) is 0 Å². The maximum atomic E-state index is 2.75. The molecule has 1 saturated heterocycles. The minimum atomic E-state index is 0.960. The number of rotatable bonds is 11. The van der Waals surface area contributed by atoms with Crippen molar-refractivity contribution in [1.29, 1.82) is 0 Å². The lowest BCUT2D eigenvalue weighted by atomic mass is 9.95. The highest BCUT2D eigenvalue weighted by Crippen LogP contribution is 2.19. The van der Waals surface area contributed by atoms with E-state index in [-0.39, 0.29) is 0 Å². The van der Waals surface area contributed by atoms with Gasteiger partial charge >= 0.3 is 0 Å². The Labute approximate surface area is 127 Å². The summed E-state index contributed by atoms with van der Waals surface area (Å²) < 4.78 is 0. The van der Waals surface area contributed by atoms with Gasteiger partial charge in [0.05, 0.1) is 0 Å². The molecule has 0 atom stereocenters. The predicted molar refractivity (Wildman–Crippen MR) is 90.3 cm³/mol. The molecule has 1 heterocycles. The molecule has 0 aromatic rings. The van der Waals surface area contributed by atoms with Crippen molar-refractivity contribution >= 4 is 0 Å². The van der Waals surface area contributed by atoms with Gasteiger partial charge in [-0.2, -0.15) is 0 Å². The van der Waals surface area contributed by atoms with Gasteiger partial charge in [0.2, 0.25) is 0 Å². The van der Waals surface area contributed by atoms with Gasteiger partial charge in [0, 0.05) is 6.54 Å². The first-order chi connectivity index (χ1) is 9.80. The summed E-state index contributed by atoms with van der Waals surface area (Å²) in [5.41, 5.74) is 0. The van der Waals surface area contributed by atoms with Gasteiger partial charge in [0.1, 0.15) is 0 Å². The SMILES string of the molecule is CCCCN1CCC(CN(CCCC)CCCC)CC1. The molecule has 0 spiro atoms. The number of piperidine rings is 1. The van der Waals surface area contributed by atoms with Crippen LogP contribution in [0.1, 0.15) is 72.1 Å². The third kappa shape index (κ3) is 7.64. The second-order valence-electron chi connectivity index (χ2n) is 6.65. The highest BCUT2D eigenvalue weighted by molar-refractivity contribution is 4.75. The number of hydrogen-bond acceptors (Lipinski definition) is 2. The molecule has 0 radical (unpaired) electrons. The molecule has 0 bridgehead atoms. The van der Waals surface area contributed by atoms with Crippen molar-refractivity contribution in [2.24, 2.45) is 5.92 Å². The minimum absolute atomic E-state index is 0.960. The van der Waals surface area contributed by atoms with E-state index in [1.165, 1.54) is 90.6 Å². The maximum Gasteiger partial charge on any atom is 0.00106 e. The summed E-state index contributed by atoms with van der Waals surface area (Å²) in [4.78, 5) is 5.43. The summed E-state index contributed by atoms with van der Waals surface area (Å²) in [5, 5.41) is 0. The Morgan fingerprint density at radius 1 is 0.850 bits per heavy atom. The van der Waals surface area contributed by atoms with Crippen LogP contribution in [-0.4, -0.2) is 49.1 Å². The first kappa shape index (κ1) is 18.0. The second-order valence-corrected chi connectivity index (χ2v) is 6.65. The topological polar surface area (TPSA) is 6.48 Å². The number of likely N-dealkylation sites (tertiary alicyclic amines) is 1. The Morgan fingerprint density at radius 3 is 1.90 bits per heavy atom. The maximum absolute atomic E-state index is 2.75. The fraction of sp³-hybridized carbons (Fsp3) is 1.00. The first-order valence-electron chi connectivity index (χ1n) is 9.24. The molecule has 20 heavy (non-hydrogen) atoms. The van der Waals surface area contributed by atoms with E-state index in [2.05, 4.69) is 30.6 Å². The number of unbranched alkanes of at least 4 members (excludes halogenated alkanes) is 3. The molecule has 1 aliphatic rings. The summed E-state index contributed by atoms with van der Waals surface area (Å²) in [6.45, 7) is 15.0. The Hall–Kier alpha value is -0.0800. The van der Waals surface area contributed by atoms with Crippen LogP contribution in [0.2, 0.25) is 0 Å². The lowest BCUT2D eigenvalue weighted by Crippen LogP contribution is -2.39. The quantitative estimate of drug-likeness (QED) is 0.554. The summed E-state index contributed by atoms with van der Waals surface area (Å²) in [5.74, 6) is 0.960. The molecule has 120 valence electrons. The van der Waals surface area contributed by atoms with Gasteiger partial charge in [-0.3, -0.25) is 0 Å². The number of nitrogens with zero attached hydrogens (tertiary/aromatic N) is 2. The van der Waals surface area contributed by atoms with Gasteiger partial charge in [-0.25, -0.2) is 0 Å². The van der Waals surface area contributed by atoms with Crippen molar-refractivity contribution in [1.82, 2.24) is 9.80 Å². The third-order valence-corrected chi connectivity index (χ3v) is 4.71. The van der Waals surface area contributed by atoms with Crippen molar-refractivity contribution in [2.45, 2.75) is 72.1 Å². The van der Waals surface area contributed by atoms with Crippen molar-refractivity contribution in [2.75, 3.05) is 39.3 Å². The molecule has 0 saturated carbocycles. The fourth-order valence-corrected chi connectivity index (χ4v) is 3.20. The van der Waals surface area contributed by atoms with Gasteiger partial charge in [-0.15, -0.1) is 0 Å². The van der Waals surface area contributed by atoms with Crippen LogP contribution in [0.25, 0.3) is 0 Å². The van der Waals surface area contributed by atoms with Crippen molar-refractivity contribution in [3.8, 4) is 0 Å². The molecule has 2 heteroatoms. The molecule has 1 fully saturated rings. The lowest BCUT2D eigenvalue weighted by molar-refractivity contribution is 0.140. The molecule has 2 nitrogen and oxygen atoms in total. The molecular formula is C18H38N2. The zero-order chi connectivity index (χ0) is 14.6. The zero-order valence-electron chi connectivity index (χ0n) is 14.4. The van der Waals surface area contributed by atoms with E-state index < -0.39 is 0 Å². The van der Waals surface area contributed by atoms with Crippen LogP contribution in [-0.2, 0) is 0 Å². The highest BCUT2D eigenvalue weighted by Gasteiger charge is 2.20. The van der Waals surface area contributed by atoms with E-state index in [1.54, 1.807) is 0 Å². The monoisotopic (exact) mass is 282 g/mol. The van der Waals surface area contributed by atoms with Gasteiger partial charge in [0.25, 0.3) is 0 Å². The Balaban J connectivity index is 2.23. The van der Waals surface area contributed by atoms with E-state index in [0.29, 0.717) is 0 Å². The molecule has 0 amide bonds. The molecule has 0 aliphatic carbocycles. The Kier molecular flexibility index (Phi) is 10.4. The van der Waals surface area contributed by atoms with Crippen LogP contribution in [0.4, 0.5) is 0 Å². The standard InChI is InChI=1S/C18H38N2/c1-4-7-12-19-15-10-18(11-16-19)17-20(13-8-5-2)14-9-6-3/h18H,4-17H2,1-3H3. The normalized spacial score (nSPS) is 18.0.